The summed E-state index contributed by atoms with van der Waals surface area (Å²) in [5.41, 5.74) is 5.24. The van der Waals surface area contributed by atoms with Gasteiger partial charge in [-0.15, -0.1) is 0 Å². The molecule has 7 nitrogen and oxygen atoms in total. The Morgan fingerprint density at radius 3 is 3.00 bits per heavy atom. The summed E-state index contributed by atoms with van der Waals surface area (Å²) < 4.78 is 26.0. The molecule has 18 heavy (non-hydrogen) atoms. The van der Waals surface area contributed by atoms with Crippen LogP contribution in [0.15, 0.2) is 23.7 Å². The monoisotopic (exact) mass is 283 g/mol. The van der Waals surface area contributed by atoms with Crippen LogP contribution in [0.4, 0.5) is 5.13 Å². The van der Waals surface area contributed by atoms with Gasteiger partial charge in [0.15, 0.2) is 10.2 Å². The highest BCUT2D eigenvalue weighted by Crippen LogP contribution is 2.20. The van der Waals surface area contributed by atoms with Gasteiger partial charge in [-0.25, -0.2) is 9.97 Å². The number of thiazole rings is 1. The molecule has 0 bridgehead atoms. The fourth-order valence-corrected chi connectivity index (χ4v) is 2.92. The van der Waals surface area contributed by atoms with E-state index in [1.54, 1.807) is 0 Å². The first kappa shape index (κ1) is 12.6. The summed E-state index contributed by atoms with van der Waals surface area (Å²) in [7, 11) is -3.67. The molecule has 2 rings (SSSR count). The number of aromatic amines is 1. The maximum absolute atomic E-state index is 11.8. The molecule has 0 aliphatic rings. The first-order valence-corrected chi connectivity index (χ1v) is 7.08. The predicted molar refractivity (Wildman–Crippen MR) is 67.4 cm³/mol. The van der Waals surface area contributed by atoms with Crippen LogP contribution < -0.4 is 10.5 Å². The van der Waals surface area contributed by atoms with Gasteiger partial charge in [-0.05, 0) is 0 Å². The first-order chi connectivity index (χ1) is 8.62. The Morgan fingerprint density at radius 1 is 1.50 bits per heavy atom. The molecule has 0 aliphatic carbocycles. The third kappa shape index (κ3) is 2.86. The molecule has 0 aliphatic heterocycles. The Bertz CT molecular complexity index is 678. The fourth-order valence-electron chi connectivity index (χ4n) is 1.08. The third-order valence-electron chi connectivity index (χ3n) is 1.80. The van der Waals surface area contributed by atoms with Crippen molar-refractivity contribution in [3.8, 4) is 11.8 Å². The second kappa shape index (κ2) is 5.18. The lowest BCUT2D eigenvalue weighted by Gasteiger charge is -2.00. The van der Waals surface area contributed by atoms with Gasteiger partial charge in [-0.2, -0.15) is 8.42 Å². The number of anilines is 1. The minimum atomic E-state index is -3.67. The summed E-state index contributed by atoms with van der Waals surface area (Å²) in [5, 5.41) is 0.221. The smallest absolute Gasteiger partial charge is 0.280 e. The van der Waals surface area contributed by atoms with E-state index in [1.807, 2.05) is 0 Å². The van der Waals surface area contributed by atoms with Crippen molar-refractivity contribution in [2.75, 3.05) is 11.3 Å². The highest BCUT2D eigenvalue weighted by Gasteiger charge is 2.17. The van der Waals surface area contributed by atoms with Crippen LogP contribution in [-0.4, -0.2) is 29.9 Å². The van der Waals surface area contributed by atoms with Gasteiger partial charge in [-0.3, -0.25) is 4.72 Å². The van der Waals surface area contributed by atoms with Crippen molar-refractivity contribution < 1.29 is 8.42 Å². The average Bonchev–Trinajstić information content (AvgIpc) is 2.96. The van der Waals surface area contributed by atoms with Crippen molar-refractivity contribution >= 4 is 26.5 Å². The van der Waals surface area contributed by atoms with Crippen LogP contribution in [0, 0.1) is 11.8 Å². The molecule has 0 aromatic carbocycles. The summed E-state index contributed by atoms with van der Waals surface area (Å²) in [6.45, 7) is 0.243. The van der Waals surface area contributed by atoms with Gasteiger partial charge in [0, 0.05) is 0 Å². The molecule has 0 atom stereocenters. The predicted octanol–water partition coefficient (Wildman–Crippen LogP) is -0.0228. The van der Waals surface area contributed by atoms with Crippen LogP contribution in [0.5, 0.6) is 0 Å². The van der Waals surface area contributed by atoms with E-state index >= 15 is 0 Å². The standard InChI is InChI=1S/C9H9N5O2S2/c10-3-1-2-7-4-12-9(17-7)14-18(15,16)8-5-11-6-13-8/h4-6H,3,10H2,(H,11,13)(H,12,14). The van der Waals surface area contributed by atoms with E-state index in [0.29, 0.717) is 4.88 Å². The molecule has 9 heteroatoms. The van der Waals surface area contributed by atoms with Crippen molar-refractivity contribution in [3.63, 3.8) is 0 Å². The zero-order valence-electron chi connectivity index (χ0n) is 9.04. The van der Waals surface area contributed by atoms with Gasteiger partial charge in [0.25, 0.3) is 10.0 Å². The van der Waals surface area contributed by atoms with Crippen LogP contribution >= 0.6 is 11.3 Å². The number of rotatable bonds is 3. The Balaban J connectivity index is 2.17. The van der Waals surface area contributed by atoms with Gasteiger partial charge in [-0.1, -0.05) is 23.2 Å². The molecule has 0 amide bonds. The zero-order chi connectivity index (χ0) is 13.0. The zero-order valence-corrected chi connectivity index (χ0v) is 10.7. The van der Waals surface area contributed by atoms with E-state index < -0.39 is 10.0 Å². The third-order valence-corrected chi connectivity index (χ3v) is 4.03. The number of hydrogen-bond donors (Lipinski definition) is 3. The molecule has 94 valence electrons. The number of aromatic nitrogens is 3. The van der Waals surface area contributed by atoms with Crippen molar-refractivity contribution in [3.05, 3.63) is 23.6 Å². The summed E-state index contributed by atoms with van der Waals surface area (Å²) in [4.78, 5) is 10.7. The maximum Gasteiger partial charge on any atom is 0.280 e. The van der Waals surface area contributed by atoms with Gasteiger partial charge >= 0.3 is 0 Å². The topological polar surface area (TPSA) is 114 Å². The molecule has 0 spiro atoms. The molecule has 2 aromatic heterocycles. The van der Waals surface area contributed by atoms with Crippen LogP contribution in [-0.2, 0) is 10.0 Å². The van der Waals surface area contributed by atoms with Crippen molar-refractivity contribution in [1.82, 2.24) is 15.0 Å². The molecular weight excluding hydrogens is 274 g/mol. The summed E-state index contributed by atoms with van der Waals surface area (Å²) in [6.07, 6.45) is 3.98. The minimum absolute atomic E-state index is 0.0210. The van der Waals surface area contributed by atoms with Gasteiger partial charge in [0.05, 0.1) is 30.1 Å². The van der Waals surface area contributed by atoms with Crippen LogP contribution in [0.3, 0.4) is 0 Å². The van der Waals surface area contributed by atoms with Crippen molar-refractivity contribution in [2.24, 2.45) is 5.73 Å². The summed E-state index contributed by atoms with van der Waals surface area (Å²) in [6, 6.07) is 0. The molecule has 0 fully saturated rings. The number of imidazole rings is 1. The second-order valence-corrected chi connectivity index (χ2v) is 5.74. The van der Waals surface area contributed by atoms with Gasteiger partial charge in [0.1, 0.15) is 0 Å². The van der Waals surface area contributed by atoms with E-state index in [1.165, 1.54) is 18.7 Å². The molecule has 2 aromatic rings. The SMILES string of the molecule is NCC#Cc1cnc(NS(=O)(=O)c2cnc[nH]2)s1. The minimum Gasteiger partial charge on any atom is -0.334 e. The molecule has 0 unspecified atom stereocenters. The van der Waals surface area contributed by atoms with Gasteiger partial charge < -0.3 is 10.7 Å². The van der Waals surface area contributed by atoms with E-state index in [0.717, 1.165) is 11.3 Å². The number of nitrogens with one attached hydrogen (secondary N) is 2. The van der Waals surface area contributed by atoms with E-state index in [-0.39, 0.29) is 16.7 Å². The molecule has 4 N–H and O–H groups in total. The average molecular weight is 283 g/mol. The Hall–Kier alpha value is -1.89. The van der Waals surface area contributed by atoms with E-state index in [9.17, 15) is 8.42 Å². The molecular formula is C9H9N5O2S2. The molecule has 2 heterocycles. The highest BCUT2D eigenvalue weighted by atomic mass is 32.2. The number of sulfonamides is 1. The van der Waals surface area contributed by atoms with Crippen LogP contribution in [0.2, 0.25) is 0 Å². The molecule has 0 radical (unpaired) electrons. The number of hydrogen-bond acceptors (Lipinski definition) is 6. The number of H-pyrrole nitrogens is 1. The quantitative estimate of drug-likeness (QED) is 0.685. The number of nitrogens with zero attached hydrogens (tertiary/aromatic N) is 2. The van der Waals surface area contributed by atoms with E-state index in [2.05, 4.69) is 31.5 Å². The maximum atomic E-state index is 11.8. The van der Waals surface area contributed by atoms with Crippen LogP contribution in [0.1, 0.15) is 4.88 Å². The summed E-state index contributed by atoms with van der Waals surface area (Å²) in [5.74, 6) is 5.43. The van der Waals surface area contributed by atoms with Crippen molar-refractivity contribution in [1.29, 1.82) is 0 Å². The van der Waals surface area contributed by atoms with E-state index in [4.69, 9.17) is 5.73 Å². The lowest BCUT2D eigenvalue weighted by Crippen LogP contribution is -2.12. The normalized spacial score (nSPS) is 10.7. The molecule has 0 saturated heterocycles. The van der Waals surface area contributed by atoms with Crippen LogP contribution in [0.25, 0.3) is 0 Å². The van der Waals surface area contributed by atoms with Gasteiger partial charge in [0.2, 0.25) is 0 Å². The summed E-state index contributed by atoms with van der Waals surface area (Å²) >= 11 is 1.13. The lowest BCUT2D eigenvalue weighted by atomic mass is 10.5. The second-order valence-electron chi connectivity index (χ2n) is 3.06. The Kier molecular flexibility index (Phi) is 3.61. The number of nitrogens with two attached hydrogens (primary N) is 1. The molecule has 0 saturated carbocycles. The Morgan fingerprint density at radius 2 is 2.33 bits per heavy atom. The highest BCUT2D eigenvalue weighted by molar-refractivity contribution is 7.92. The fraction of sp³-hybridized carbons (Fsp3) is 0.111. The largest absolute Gasteiger partial charge is 0.334 e. The Labute approximate surface area is 108 Å². The van der Waals surface area contributed by atoms with Crippen molar-refractivity contribution in [2.45, 2.75) is 5.03 Å². The lowest BCUT2D eigenvalue weighted by molar-refractivity contribution is 0.598. The first-order valence-electron chi connectivity index (χ1n) is 4.78.